The van der Waals surface area contributed by atoms with Crippen LogP contribution in [0.15, 0.2) is 47.2 Å². The molecule has 0 unspecified atom stereocenters. The van der Waals surface area contributed by atoms with Crippen molar-refractivity contribution in [2.45, 2.75) is 25.8 Å². The molecule has 30 heavy (non-hydrogen) atoms. The highest BCUT2D eigenvalue weighted by molar-refractivity contribution is 7.20. The molecule has 1 N–H and O–H groups in total. The number of nitrogens with one attached hydrogen (secondary N) is 1. The molecular formula is C23H27N3O2S2. The highest BCUT2D eigenvalue weighted by atomic mass is 32.1. The summed E-state index contributed by atoms with van der Waals surface area (Å²) in [5, 5.41) is 8.15. The number of carbonyl (C=O) groups is 1. The maximum atomic E-state index is 12.3. The molecule has 0 spiro atoms. The van der Waals surface area contributed by atoms with E-state index in [-0.39, 0.29) is 5.91 Å². The molecular weight excluding hydrogens is 414 g/mol. The van der Waals surface area contributed by atoms with Gasteiger partial charge in [0.25, 0.3) is 0 Å². The number of hydrogen-bond acceptors (Lipinski definition) is 6. The number of ether oxygens (including phenoxy) is 1. The van der Waals surface area contributed by atoms with E-state index in [1.165, 1.54) is 5.56 Å². The number of methoxy groups -OCH3 is 1. The van der Waals surface area contributed by atoms with Crippen molar-refractivity contribution in [3.63, 3.8) is 0 Å². The minimum Gasteiger partial charge on any atom is -0.497 e. The molecule has 5 nitrogen and oxygen atoms in total. The number of amides is 1. The van der Waals surface area contributed by atoms with E-state index < -0.39 is 0 Å². The lowest BCUT2D eigenvalue weighted by atomic mass is 9.96. The molecule has 1 fully saturated rings. The van der Waals surface area contributed by atoms with Crippen LogP contribution in [0, 0.1) is 5.92 Å². The summed E-state index contributed by atoms with van der Waals surface area (Å²) in [6, 6.07) is 12.4. The van der Waals surface area contributed by atoms with Gasteiger partial charge in [-0.3, -0.25) is 9.69 Å². The van der Waals surface area contributed by atoms with Crippen LogP contribution in [0.5, 0.6) is 5.75 Å². The van der Waals surface area contributed by atoms with E-state index in [2.05, 4.69) is 33.4 Å². The highest BCUT2D eigenvalue weighted by Gasteiger charge is 2.20. The maximum Gasteiger partial charge on any atom is 0.226 e. The number of aromatic nitrogens is 1. The molecule has 7 heteroatoms. The van der Waals surface area contributed by atoms with Gasteiger partial charge in [0.2, 0.25) is 5.91 Å². The van der Waals surface area contributed by atoms with Gasteiger partial charge in [0, 0.05) is 18.5 Å². The topological polar surface area (TPSA) is 54.5 Å². The van der Waals surface area contributed by atoms with Gasteiger partial charge < -0.3 is 10.1 Å². The number of nitrogens with zero attached hydrogens (tertiary/aromatic N) is 2. The minimum absolute atomic E-state index is 0.0682. The monoisotopic (exact) mass is 441 g/mol. The smallest absolute Gasteiger partial charge is 0.226 e. The zero-order valence-electron chi connectivity index (χ0n) is 17.2. The van der Waals surface area contributed by atoms with Crippen LogP contribution >= 0.6 is 22.7 Å². The molecule has 1 saturated heterocycles. The van der Waals surface area contributed by atoms with E-state index in [4.69, 9.17) is 4.74 Å². The zero-order chi connectivity index (χ0) is 20.8. The first-order valence-corrected chi connectivity index (χ1v) is 12.1. The predicted octanol–water partition coefficient (Wildman–Crippen LogP) is 4.45. The standard InChI is InChI=1S/C23H27N3O2S2/c1-28-20-6-4-18(5-7-20)15-26-10-8-17(9-11-26)14-24-22(27)13-19-16-30-23(25-19)21-3-2-12-29-21/h2-7,12,16-17H,8-11,13-15H2,1H3,(H,24,27). The second kappa shape index (κ2) is 10.2. The fourth-order valence-electron chi connectivity index (χ4n) is 3.72. The van der Waals surface area contributed by atoms with E-state index in [1.807, 2.05) is 29.0 Å². The Morgan fingerprint density at radius 1 is 1.20 bits per heavy atom. The lowest BCUT2D eigenvalue weighted by molar-refractivity contribution is -0.120. The van der Waals surface area contributed by atoms with Crippen molar-refractivity contribution < 1.29 is 9.53 Å². The molecule has 158 valence electrons. The maximum absolute atomic E-state index is 12.3. The van der Waals surface area contributed by atoms with E-state index >= 15 is 0 Å². The molecule has 2 aromatic heterocycles. The highest BCUT2D eigenvalue weighted by Crippen LogP contribution is 2.28. The Bertz CT molecular complexity index is 930. The summed E-state index contributed by atoms with van der Waals surface area (Å²) in [7, 11) is 1.69. The van der Waals surface area contributed by atoms with Crippen molar-refractivity contribution in [2.24, 2.45) is 5.92 Å². The van der Waals surface area contributed by atoms with Gasteiger partial charge in [-0.25, -0.2) is 4.98 Å². The normalized spacial score (nSPS) is 15.2. The Hall–Kier alpha value is -2.22. The molecule has 0 radical (unpaired) electrons. The lowest BCUT2D eigenvalue weighted by Gasteiger charge is -2.32. The molecule has 0 atom stereocenters. The van der Waals surface area contributed by atoms with Gasteiger partial charge in [-0.1, -0.05) is 18.2 Å². The number of thiophene rings is 1. The summed E-state index contributed by atoms with van der Waals surface area (Å²) >= 11 is 3.28. The Kier molecular flexibility index (Phi) is 7.15. The van der Waals surface area contributed by atoms with Crippen LogP contribution in [0.3, 0.4) is 0 Å². The van der Waals surface area contributed by atoms with Crippen molar-refractivity contribution in [3.05, 3.63) is 58.4 Å². The summed E-state index contributed by atoms with van der Waals surface area (Å²) in [5.74, 6) is 1.52. The molecule has 0 aliphatic carbocycles. The molecule has 1 aliphatic heterocycles. The molecule has 4 rings (SSSR count). The van der Waals surface area contributed by atoms with Crippen LogP contribution in [-0.4, -0.2) is 42.5 Å². The first-order valence-electron chi connectivity index (χ1n) is 10.3. The lowest BCUT2D eigenvalue weighted by Crippen LogP contribution is -2.38. The quantitative estimate of drug-likeness (QED) is 0.561. The molecule has 0 bridgehead atoms. The summed E-state index contributed by atoms with van der Waals surface area (Å²) in [6.45, 7) is 3.88. The Balaban J connectivity index is 1.17. The van der Waals surface area contributed by atoms with Crippen molar-refractivity contribution >= 4 is 28.6 Å². The summed E-state index contributed by atoms with van der Waals surface area (Å²) < 4.78 is 5.22. The number of thiazole rings is 1. The summed E-state index contributed by atoms with van der Waals surface area (Å²) in [5.41, 5.74) is 2.17. The Morgan fingerprint density at radius 2 is 2.00 bits per heavy atom. The minimum atomic E-state index is 0.0682. The second-order valence-corrected chi connectivity index (χ2v) is 9.48. The van der Waals surface area contributed by atoms with Crippen molar-refractivity contribution in [3.8, 4) is 15.6 Å². The number of hydrogen-bond donors (Lipinski definition) is 1. The Morgan fingerprint density at radius 3 is 2.70 bits per heavy atom. The second-order valence-electron chi connectivity index (χ2n) is 7.67. The van der Waals surface area contributed by atoms with Crippen LogP contribution in [0.1, 0.15) is 24.1 Å². The van der Waals surface area contributed by atoms with Crippen LogP contribution < -0.4 is 10.1 Å². The summed E-state index contributed by atoms with van der Waals surface area (Å²) in [6.07, 6.45) is 2.60. The third kappa shape index (κ3) is 5.68. The number of piperidine rings is 1. The van der Waals surface area contributed by atoms with Crippen molar-refractivity contribution in [2.75, 3.05) is 26.7 Å². The average Bonchev–Trinajstić information content (AvgIpc) is 3.46. The van der Waals surface area contributed by atoms with Crippen LogP contribution in [-0.2, 0) is 17.8 Å². The fraction of sp³-hybridized carbons (Fsp3) is 0.391. The van der Waals surface area contributed by atoms with E-state index in [0.29, 0.717) is 12.3 Å². The molecule has 1 aliphatic rings. The van der Waals surface area contributed by atoms with Crippen molar-refractivity contribution in [1.29, 1.82) is 0 Å². The van der Waals surface area contributed by atoms with E-state index in [1.54, 1.807) is 29.8 Å². The predicted molar refractivity (Wildman–Crippen MR) is 123 cm³/mol. The van der Waals surface area contributed by atoms with Gasteiger partial charge in [0.05, 0.1) is 24.1 Å². The summed E-state index contributed by atoms with van der Waals surface area (Å²) in [4.78, 5) is 20.6. The number of carbonyl (C=O) groups excluding carboxylic acids is 1. The largest absolute Gasteiger partial charge is 0.497 e. The third-order valence-corrected chi connectivity index (χ3v) is 7.42. The SMILES string of the molecule is COc1ccc(CN2CCC(CNC(=O)Cc3csc(-c4cccs4)n3)CC2)cc1. The van der Waals surface area contributed by atoms with Gasteiger partial charge in [-0.2, -0.15) is 0 Å². The van der Waals surface area contributed by atoms with Gasteiger partial charge in [0.15, 0.2) is 0 Å². The number of benzene rings is 1. The van der Waals surface area contributed by atoms with E-state index in [9.17, 15) is 4.79 Å². The van der Waals surface area contributed by atoms with Crippen LogP contribution in [0.2, 0.25) is 0 Å². The molecule has 1 aromatic carbocycles. The van der Waals surface area contributed by atoms with Gasteiger partial charge >= 0.3 is 0 Å². The van der Waals surface area contributed by atoms with Crippen LogP contribution in [0.4, 0.5) is 0 Å². The average molecular weight is 442 g/mol. The third-order valence-electron chi connectivity index (χ3n) is 5.49. The molecule has 0 saturated carbocycles. The number of likely N-dealkylation sites (tertiary alicyclic amines) is 1. The fourth-order valence-corrected chi connectivity index (χ4v) is 5.36. The first kappa shape index (κ1) is 21.0. The van der Waals surface area contributed by atoms with Gasteiger partial charge in [-0.15, -0.1) is 22.7 Å². The first-order chi connectivity index (χ1) is 14.7. The molecule has 3 heterocycles. The van der Waals surface area contributed by atoms with Crippen molar-refractivity contribution in [1.82, 2.24) is 15.2 Å². The Labute approximate surface area is 185 Å². The number of rotatable bonds is 8. The van der Waals surface area contributed by atoms with Crippen LogP contribution in [0.25, 0.3) is 9.88 Å². The molecule has 1 amide bonds. The van der Waals surface area contributed by atoms with Gasteiger partial charge in [0.1, 0.15) is 10.8 Å². The van der Waals surface area contributed by atoms with Gasteiger partial charge in [-0.05, 0) is 61.0 Å². The zero-order valence-corrected chi connectivity index (χ0v) is 18.8. The van der Waals surface area contributed by atoms with E-state index in [0.717, 1.165) is 60.3 Å². The molecule has 3 aromatic rings.